The Hall–Kier alpha value is -1.06. The van der Waals surface area contributed by atoms with Crippen LogP contribution in [0.1, 0.15) is 26.2 Å². The lowest BCUT2D eigenvalue weighted by Crippen LogP contribution is -2.46. The minimum atomic E-state index is 0.719. The average molecular weight is 273 g/mol. The molecule has 2 N–H and O–H groups in total. The molecule has 0 bridgehead atoms. The third kappa shape index (κ3) is 2.84. The van der Waals surface area contributed by atoms with E-state index >= 15 is 0 Å². The number of anilines is 1. The number of nitrogens with two attached hydrogens (primary N) is 1. The predicted octanol–water partition coefficient (Wildman–Crippen LogP) is 2.32. The van der Waals surface area contributed by atoms with Crippen LogP contribution in [0.3, 0.4) is 0 Å². The van der Waals surface area contributed by atoms with Crippen molar-refractivity contribution < 1.29 is 0 Å². The van der Waals surface area contributed by atoms with Gasteiger partial charge in [0.2, 0.25) is 0 Å². The molecule has 1 aromatic rings. The molecule has 2 atom stereocenters. The summed E-state index contributed by atoms with van der Waals surface area (Å²) in [6.07, 6.45) is 3.86. The summed E-state index contributed by atoms with van der Waals surface area (Å²) >= 11 is 0. The molecule has 0 spiro atoms. The Morgan fingerprint density at radius 1 is 1.15 bits per heavy atom. The largest absolute Gasteiger partial charge is 0.371 e. The first-order valence-corrected chi connectivity index (χ1v) is 8.03. The molecule has 0 aromatic heterocycles. The molecule has 2 unspecified atom stereocenters. The highest BCUT2D eigenvalue weighted by Crippen LogP contribution is 2.30. The number of hydrogen-bond donors (Lipinski definition) is 1. The van der Waals surface area contributed by atoms with E-state index < -0.39 is 0 Å². The molecule has 3 nitrogen and oxygen atoms in total. The van der Waals surface area contributed by atoms with E-state index in [4.69, 9.17) is 5.73 Å². The summed E-state index contributed by atoms with van der Waals surface area (Å²) in [6, 6.07) is 12.3. The number of benzene rings is 1. The van der Waals surface area contributed by atoms with Gasteiger partial charge in [0.15, 0.2) is 0 Å². The van der Waals surface area contributed by atoms with Crippen LogP contribution in [0, 0.1) is 5.92 Å². The Labute approximate surface area is 122 Å². The van der Waals surface area contributed by atoms with E-state index in [0.717, 1.165) is 24.5 Å². The molecule has 0 radical (unpaired) electrons. The van der Waals surface area contributed by atoms with Crippen molar-refractivity contribution in [1.82, 2.24) is 4.90 Å². The fourth-order valence-electron chi connectivity index (χ4n) is 3.94. The lowest BCUT2D eigenvalue weighted by molar-refractivity contribution is 0.160. The third-order valence-electron chi connectivity index (χ3n) is 5.10. The van der Waals surface area contributed by atoms with Crippen molar-refractivity contribution in [3.05, 3.63) is 30.3 Å². The Kier molecular flexibility index (Phi) is 4.27. The van der Waals surface area contributed by atoms with Gasteiger partial charge in [0.1, 0.15) is 0 Å². The van der Waals surface area contributed by atoms with Gasteiger partial charge >= 0.3 is 0 Å². The van der Waals surface area contributed by atoms with E-state index in [9.17, 15) is 0 Å². The SMILES string of the molecule is CC1CC(CN)CN1C1CCN(c2ccccc2)CC1. The maximum Gasteiger partial charge on any atom is 0.0366 e. The Morgan fingerprint density at radius 2 is 1.85 bits per heavy atom. The fraction of sp³-hybridized carbons (Fsp3) is 0.647. The summed E-state index contributed by atoms with van der Waals surface area (Å²) in [5, 5.41) is 0. The molecule has 2 aliphatic rings. The molecule has 20 heavy (non-hydrogen) atoms. The summed E-state index contributed by atoms with van der Waals surface area (Å²) in [7, 11) is 0. The summed E-state index contributed by atoms with van der Waals surface area (Å²) in [4.78, 5) is 5.25. The molecule has 2 saturated heterocycles. The molecule has 3 rings (SSSR count). The van der Waals surface area contributed by atoms with E-state index in [1.54, 1.807) is 0 Å². The summed E-state index contributed by atoms with van der Waals surface area (Å²) < 4.78 is 0. The zero-order valence-corrected chi connectivity index (χ0v) is 12.5. The Morgan fingerprint density at radius 3 is 2.45 bits per heavy atom. The van der Waals surface area contributed by atoms with E-state index in [2.05, 4.69) is 47.1 Å². The standard InChI is InChI=1S/C17H27N3/c1-14-11-15(12-18)13-20(14)17-7-9-19(10-8-17)16-5-3-2-4-6-16/h2-6,14-15,17H,7-13,18H2,1H3. The molecule has 0 amide bonds. The molecule has 110 valence electrons. The quantitative estimate of drug-likeness (QED) is 0.917. The first-order chi connectivity index (χ1) is 9.78. The van der Waals surface area contributed by atoms with E-state index in [1.165, 1.54) is 44.6 Å². The zero-order chi connectivity index (χ0) is 13.9. The summed E-state index contributed by atoms with van der Waals surface area (Å²) in [5.41, 5.74) is 7.23. The highest BCUT2D eigenvalue weighted by Gasteiger charge is 2.34. The minimum absolute atomic E-state index is 0.719. The van der Waals surface area contributed by atoms with Gasteiger partial charge in [-0.3, -0.25) is 4.90 Å². The molecule has 1 aromatic carbocycles. The molecule has 3 heteroatoms. The van der Waals surface area contributed by atoms with Crippen LogP contribution in [0.4, 0.5) is 5.69 Å². The van der Waals surface area contributed by atoms with Crippen LogP contribution in [-0.4, -0.2) is 43.2 Å². The highest BCUT2D eigenvalue weighted by atomic mass is 15.2. The highest BCUT2D eigenvalue weighted by molar-refractivity contribution is 5.46. The van der Waals surface area contributed by atoms with Crippen molar-refractivity contribution in [3.8, 4) is 0 Å². The van der Waals surface area contributed by atoms with Crippen molar-refractivity contribution >= 4 is 5.69 Å². The van der Waals surface area contributed by atoms with Crippen molar-refractivity contribution in [1.29, 1.82) is 0 Å². The lowest BCUT2D eigenvalue weighted by Gasteiger charge is -2.39. The van der Waals surface area contributed by atoms with Gasteiger partial charge in [0, 0.05) is 37.4 Å². The van der Waals surface area contributed by atoms with E-state index in [-0.39, 0.29) is 0 Å². The lowest BCUT2D eigenvalue weighted by atomic mass is 10.0. The first kappa shape index (κ1) is 13.9. The van der Waals surface area contributed by atoms with Crippen LogP contribution in [0.5, 0.6) is 0 Å². The predicted molar refractivity (Wildman–Crippen MR) is 85.0 cm³/mol. The number of hydrogen-bond acceptors (Lipinski definition) is 3. The van der Waals surface area contributed by atoms with Crippen molar-refractivity contribution in [2.45, 2.75) is 38.3 Å². The molecule has 2 heterocycles. The van der Waals surface area contributed by atoms with Crippen molar-refractivity contribution in [2.75, 3.05) is 31.1 Å². The third-order valence-corrected chi connectivity index (χ3v) is 5.10. The van der Waals surface area contributed by atoms with Crippen LogP contribution in [-0.2, 0) is 0 Å². The van der Waals surface area contributed by atoms with E-state index in [1.807, 2.05) is 0 Å². The Balaban J connectivity index is 1.56. The maximum atomic E-state index is 5.85. The number of piperidine rings is 1. The zero-order valence-electron chi connectivity index (χ0n) is 12.5. The van der Waals surface area contributed by atoms with Crippen molar-refractivity contribution in [3.63, 3.8) is 0 Å². The minimum Gasteiger partial charge on any atom is -0.371 e. The van der Waals surface area contributed by atoms with Crippen LogP contribution in [0.25, 0.3) is 0 Å². The summed E-state index contributed by atoms with van der Waals surface area (Å²) in [5.74, 6) is 0.720. The van der Waals surface area contributed by atoms with Crippen LogP contribution < -0.4 is 10.6 Å². The van der Waals surface area contributed by atoms with Crippen molar-refractivity contribution in [2.24, 2.45) is 11.7 Å². The molecule has 2 fully saturated rings. The van der Waals surface area contributed by atoms with Gasteiger partial charge in [0.25, 0.3) is 0 Å². The number of nitrogens with zero attached hydrogens (tertiary/aromatic N) is 2. The average Bonchev–Trinajstić information content (AvgIpc) is 2.89. The Bertz CT molecular complexity index is 412. The second kappa shape index (κ2) is 6.15. The number of rotatable bonds is 3. The van der Waals surface area contributed by atoms with Gasteiger partial charge in [-0.2, -0.15) is 0 Å². The molecule has 0 aliphatic carbocycles. The van der Waals surface area contributed by atoms with Gasteiger partial charge in [-0.1, -0.05) is 18.2 Å². The van der Waals surface area contributed by atoms with Gasteiger partial charge in [-0.05, 0) is 50.8 Å². The second-order valence-corrected chi connectivity index (χ2v) is 6.44. The first-order valence-electron chi connectivity index (χ1n) is 8.03. The molecular weight excluding hydrogens is 246 g/mol. The van der Waals surface area contributed by atoms with E-state index in [0.29, 0.717) is 0 Å². The van der Waals surface area contributed by atoms with Crippen LogP contribution >= 0.6 is 0 Å². The second-order valence-electron chi connectivity index (χ2n) is 6.44. The smallest absolute Gasteiger partial charge is 0.0366 e. The molecule has 0 saturated carbocycles. The summed E-state index contributed by atoms with van der Waals surface area (Å²) in [6.45, 7) is 6.81. The number of likely N-dealkylation sites (tertiary alicyclic amines) is 1. The normalized spacial score (nSPS) is 29.0. The number of para-hydroxylation sites is 1. The van der Waals surface area contributed by atoms with Gasteiger partial charge in [-0.25, -0.2) is 0 Å². The van der Waals surface area contributed by atoms with Gasteiger partial charge in [0.05, 0.1) is 0 Å². The topological polar surface area (TPSA) is 32.5 Å². The van der Waals surface area contributed by atoms with Crippen LogP contribution in [0.15, 0.2) is 30.3 Å². The fourth-order valence-corrected chi connectivity index (χ4v) is 3.94. The van der Waals surface area contributed by atoms with Crippen LogP contribution in [0.2, 0.25) is 0 Å². The van der Waals surface area contributed by atoms with Gasteiger partial charge < -0.3 is 10.6 Å². The maximum absolute atomic E-state index is 5.85. The van der Waals surface area contributed by atoms with Gasteiger partial charge in [-0.15, -0.1) is 0 Å². The molecule has 2 aliphatic heterocycles. The monoisotopic (exact) mass is 273 g/mol. The molecular formula is C17H27N3.